The Hall–Kier alpha value is -0.650. The molecule has 3 N–H and O–H groups in total. The Morgan fingerprint density at radius 3 is 2.94 bits per heavy atom. The average molecular weight is 231 g/mol. The molecule has 1 rings (SSSR count). The van der Waals surface area contributed by atoms with E-state index in [1.54, 1.807) is 0 Å². The van der Waals surface area contributed by atoms with E-state index >= 15 is 0 Å². The van der Waals surface area contributed by atoms with Crippen molar-refractivity contribution in [3.63, 3.8) is 0 Å². The maximum absolute atomic E-state index is 10.8. The van der Waals surface area contributed by atoms with E-state index in [-0.39, 0.29) is 12.2 Å². The smallest absolute Gasteiger partial charge is 0.323 e. The molecule has 3 unspecified atom stereocenters. The van der Waals surface area contributed by atoms with Gasteiger partial charge in [0, 0.05) is 13.0 Å². The lowest BCUT2D eigenvalue weighted by Gasteiger charge is -2.24. The summed E-state index contributed by atoms with van der Waals surface area (Å²) in [5.74, 6) is -1.000. The maximum Gasteiger partial charge on any atom is 0.323 e. The van der Waals surface area contributed by atoms with Crippen LogP contribution >= 0.6 is 0 Å². The monoisotopic (exact) mass is 231 g/mol. The number of carboxylic acid groups (broad SMARTS) is 1. The predicted molar refractivity (Wildman–Crippen MR) is 59.2 cm³/mol. The van der Waals surface area contributed by atoms with E-state index in [9.17, 15) is 4.79 Å². The van der Waals surface area contributed by atoms with Gasteiger partial charge in [-0.2, -0.15) is 0 Å². The van der Waals surface area contributed by atoms with Crippen LogP contribution in [0.4, 0.5) is 0 Å². The van der Waals surface area contributed by atoms with Gasteiger partial charge < -0.3 is 20.3 Å². The molecule has 16 heavy (non-hydrogen) atoms. The average Bonchev–Trinajstić information content (AvgIpc) is 2.66. The number of rotatable bonds is 6. The van der Waals surface area contributed by atoms with Crippen LogP contribution in [0.2, 0.25) is 0 Å². The molecule has 0 aromatic rings. The Morgan fingerprint density at radius 1 is 1.75 bits per heavy atom. The van der Waals surface area contributed by atoms with Gasteiger partial charge in [0.1, 0.15) is 5.54 Å². The Kier molecular flexibility index (Phi) is 4.70. The zero-order valence-corrected chi connectivity index (χ0v) is 9.94. The fraction of sp³-hybridized carbons (Fsp3) is 0.909. The predicted octanol–water partition coefficient (Wildman–Crippen LogP) is 0.763. The summed E-state index contributed by atoms with van der Waals surface area (Å²) in [5, 5.41) is 8.86. The van der Waals surface area contributed by atoms with Crippen LogP contribution in [0, 0.1) is 0 Å². The number of aliphatic carboxylic acids is 1. The van der Waals surface area contributed by atoms with Crippen molar-refractivity contribution in [2.24, 2.45) is 5.73 Å². The molecule has 0 aromatic heterocycles. The van der Waals surface area contributed by atoms with E-state index < -0.39 is 11.5 Å². The molecule has 3 atom stereocenters. The quantitative estimate of drug-likeness (QED) is 0.705. The van der Waals surface area contributed by atoms with Crippen molar-refractivity contribution in [2.45, 2.75) is 50.9 Å². The molecular weight excluding hydrogens is 210 g/mol. The number of carboxylic acids is 1. The molecule has 94 valence electrons. The Morgan fingerprint density at radius 2 is 2.44 bits per heavy atom. The largest absolute Gasteiger partial charge is 0.480 e. The fourth-order valence-electron chi connectivity index (χ4n) is 1.79. The first-order valence-electron chi connectivity index (χ1n) is 5.67. The number of carbonyl (C=O) groups is 1. The third kappa shape index (κ3) is 4.08. The summed E-state index contributed by atoms with van der Waals surface area (Å²) >= 11 is 0. The summed E-state index contributed by atoms with van der Waals surface area (Å²) in [4.78, 5) is 10.8. The second kappa shape index (κ2) is 5.61. The Labute approximate surface area is 95.9 Å². The van der Waals surface area contributed by atoms with Crippen molar-refractivity contribution in [3.8, 4) is 0 Å². The molecule has 0 bridgehead atoms. The van der Waals surface area contributed by atoms with E-state index in [2.05, 4.69) is 0 Å². The van der Waals surface area contributed by atoms with Crippen molar-refractivity contribution >= 4 is 5.97 Å². The van der Waals surface area contributed by atoms with Gasteiger partial charge in [-0.15, -0.1) is 0 Å². The second-order valence-electron chi connectivity index (χ2n) is 4.71. The van der Waals surface area contributed by atoms with Crippen LogP contribution in [0.1, 0.15) is 33.1 Å². The summed E-state index contributed by atoms with van der Waals surface area (Å²) in [5.41, 5.74) is 4.41. The molecule has 0 radical (unpaired) electrons. The first kappa shape index (κ1) is 13.4. The molecule has 1 aliphatic heterocycles. The first-order valence-corrected chi connectivity index (χ1v) is 5.67. The number of hydrogen-bond acceptors (Lipinski definition) is 4. The van der Waals surface area contributed by atoms with Gasteiger partial charge in [-0.3, -0.25) is 4.79 Å². The van der Waals surface area contributed by atoms with Crippen LogP contribution in [0.3, 0.4) is 0 Å². The highest BCUT2D eigenvalue weighted by Gasteiger charge is 2.30. The van der Waals surface area contributed by atoms with Gasteiger partial charge in [-0.25, -0.2) is 0 Å². The van der Waals surface area contributed by atoms with Crippen molar-refractivity contribution in [3.05, 3.63) is 0 Å². The van der Waals surface area contributed by atoms with E-state index in [4.69, 9.17) is 20.3 Å². The van der Waals surface area contributed by atoms with E-state index in [0.717, 1.165) is 19.4 Å². The Balaban J connectivity index is 2.24. The number of nitrogens with two attached hydrogens (primary N) is 1. The Bertz CT molecular complexity index is 236. The standard InChI is InChI=1S/C11H21NO4/c1-8(6-11(2,12)10(13)14)16-7-9-4-3-5-15-9/h8-9H,3-7,12H2,1-2H3,(H,13,14). The molecule has 0 aromatic carbocycles. The molecular formula is C11H21NO4. The van der Waals surface area contributed by atoms with Gasteiger partial charge in [-0.05, 0) is 26.7 Å². The lowest BCUT2D eigenvalue weighted by atomic mass is 9.96. The molecule has 1 aliphatic rings. The number of ether oxygens (including phenoxy) is 2. The minimum absolute atomic E-state index is 0.163. The SMILES string of the molecule is CC(CC(C)(N)C(=O)O)OCC1CCCO1. The van der Waals surface area contributed by atoms with Gasteiger partial charge in [0.15, 0.2) is 0 Å². The van der Waals surface area contributed by atoms with E-state index in [1.807, 2.05) is 6.92 Å². The topological polar surface area (TPSA) is 81.8 Å². The summed E-state index contributed by atoms with van der Waals surface area (Å²) in [6.07, 6.45) is 2.39. The molecule has 5 nitrogen and oxygen atoms in total. The normalized spacial score (nSPS) is 26.3. The first-order chi connectivity index (χ1) is 7.42. The highest BCUT2D eigenvalue weighted by molar-refractivity contribution is 5.77. The summed E-state index contributed by atoms with van der Waals surface area (Å²) in [6, 6.07) is 0. The van der Waals surface area contributed by atoms with Gasteiger partial charge in [0.25, 0.3) is 0 Å². The third-order valence-electron chi connectivity index (χ3n) is 2.79. The van der Waals surface area contributed by atoms with Crippen LogP contribution in [0.25, 0.3) is 0 Å². The van der Waals surface area contributed by atoms with Crippen molar-refractivity contribution in [2.75, 3.05) is 13.2 Å². The van der Waals surface area contributed by atoms with E-state index in [0.29, 0.717) is 13.0 Å². The molecule has 1 saturated heterocycles. The van der Waals surface area contributed by atoms with Crippen LogP contribution in [0.15, 0.2) is 0 Å². The lowest BCUT2D eigenvalue weighted by molar-refractivity contribution is -0.144. The van der Waals surface area contributed by atoms with Crippen molar-refractivity contribution < 1.29 is 19.4 Å². The van der Waals surface area contributed by atoms with E-state index in [1.165, 1.54) is 6.92 Å². The minimum atomic E-state index is -1.23. The fourth-order valence-corrected chi connectivity index (χ4v) is 1.79. The molecule has 0 saturated carbocycles. The van der Waals surface area contributed by atoms with Crippen LogP contribution in [0.5, 0.6) is 0 Å². The molecule has 0 amide bonds. The third-order valence-corrected chi connectivity index (χ3v) is 2.79. The van der Waals surface area contributed by atoms with Gasteiger partial charge in [0.2, 0.25) is 0 Å². The van der Waals surface area contributed by atoms with Crippen molar-refractivity contribution in [1.82, 2.24) is 0 Å². The highest BCUT2D eigenvalue weighted by atomic mass is 16.5. The van der Waals surface area contributed by atoms with Crippen LogP contribution in [-0.4, -0.2) is 42.0 Å². The second-order valence-corrected chi connectivity index (χ2v) is 4.71. The van der Waals surface area contributed by atoms with Gasteiger partial charge >= 0.3 is 5.97 Å². The molecule has 0 aliphatic carbocycles. The lowest BCUT2D eigenvalue weighted by Crippen LogP contribution is -2.47. The number of hydrogen-bond donors (Lipinski definition) is 2. The minimum Gasteiger partial charge on any atom is -0.480 e. The summed E-state index contributed by atoms with van der Waals surface area (Å²) in [7, 11) is 0. The zero-order chi connectivity index (χ0) is 12.2. The highest BCUT2D eigenvalue weighted by Crippen LogP contribution is 2.16. The summed E-state index contributed by atoms with van der Waals surface area (Å²) < 4.78 is 11.0. The van der Waals surface area contributed by atoms with Crippen molar-refractivity contribution in [1.29, 1.82) is 0 Å². The maximum atomic E-state index is 10.8. The molecule has 5 heteroatoms. The van der Waals surface area contributed by atoms with Gasteiger partial charge in [0.05, 0.1) is 18.8 Å². The molecule has 1 fully saturated rings. The molecule has 0 spiro atoms. The van der Waals surface area contributed by atoms with Crippen LogP contribution < -0.4 is 5.73 Å². The summed E-state index contributed by atoms with van der Waals surface area (Å²) in [6.45, 7) is 4.66. The van der Waals surface area contributed by atoms with Gasteiger partial charge in [-0.1, -0.05) is 0 Å². The van der Waals surface area contributed by atoms with Crippen LogP contribution in [-0.2, 0) is 14.3 Å². The molecule has 1 heterocycles. The zero-order valence-electron chi connectivity index (χ0n) is 9.94.